The molecule has 5 rings (SSSR count). The summed E-state index contributed by atoms with van der Waals surface area (Å²) in [7, 11) is 3.51. The normalized spacial score (nSPS) is 26.5. The van der Waals surface area contributed by atoms with Gasteiger partial charge in [-0.25, -0.2) is 9.59 Å². The van der Waals surface area contributed by atoms with Crippen molar-refractivity contribution in [1.82, 2.24) is 5.32 Å². The number of benzene rings is 2. The van der Waals surface area contributed by atoms with Crippen molar-refractivity contribution in [2.24, 2.45) is 0 Å². The van der Waals surface area contributed by atoms with E-state index in [-0.39, 0.29) is 40.1 Å². The van der Waals surface area contributed by atoms with Crippen molar-refractivity contribution in [3.05, 3.63) is 63.4 Å². The second-order valence-electron chi connectivity index (χ2n) is 11.8. The zero-order valence-electron chi connectivity index (χ0n) is 26.7. The Hall–Kier alpha value is -4.83. The number of aromatic hydroxyl groups is 2. The summed E-state index contributed by atoms with van der Waals surface area (Å²) in [5, 5.41) is 48.3. The number of ether oxygens (including phenoxy) is 5. The third-order valence-electron chi connectivity index (χ3n) is 8.96. The fourth-order valence-electron chi connectivity index (χ4n) is 6.41. The van der Waals surface area contributed by atoms with Crippen molar-refractivity contribution in [3.63, 3.8) is 0 Å². The molecule has 2 aliphatic carbocycles. The highest BCUT2D eigenvalue weighted by molar-refractivity contribution is 6.31. The fourth-order valence-corrected chi connectivity index (χ4v) is 6.41. The molecule has 0 saturated carbocycles. The van der Waals surface area contributed by atoms with E-state index < -0.39 is 101 Å². The summed E-state index contributed by atoms with van der Waals surface area (Å²) in [6.45, 7) is 2.64. The van der Waals surface area contributed by atoms with Crippen LogP contribution < -0.4 is 10.1 Å². The number of phenols is 2. The van der Waals surface area contributed by atoms with E-state index >= 15 is 0 Å². The molecule has 1 heterocycles. The summed E-state index contributed by atoms with van der Waals surface area (Å²) < 4.78 is 26.7. The average molecular weight is 670 g/mol. The number of nitrogens with one attached hydrogen (secondary N) is 1. The lowest BCUT2D eigenvalue weighted by Gasteiger charge is -2.43. The molecule has 0 amide bonds. The number of phenolic OH excluding ortho intramolecular Hbond substituents is 2. The first-order chi connectivity index (χ1) is 22.7. The summed E-state index contributed by atoms with van der Waals surface area (Å²) in [6, 6.07) is 3.35. The molecule has 15 heteroatoms. The quantitative estimate of drug-likeness (QED) is 0.128. The number of aliphatic hydroxyl groups is 2. The molecule has 5 N–H and O–H groups in total. The summed E-state index contributed by atoms with van der Waals surface area (Å²) in [6.07, 6.45) is -5.15. The molecular formula is C33H35NO14. The monoisotopic (exact) mass is 669 g/mol. The van der Waals surface area contributed by atoms with E-state index in [1.165, 1.54) is 32.2 Å². The maximum Gasteiger partial charge on any atom is 0.354 e. The Labute approximate surface area is 274 Å². The largest absolute Gasteiger partial charge is 0.507 e. The molecule has 1 aliphatic heterocycles. The smallest absolute Gasteiger partial charge is 0.354 e. The summed E-state index contributed by atoms with van der Waals surface area (Å²) in [4.78, 5) is 64.5. The Balaban J connectivity index is 1.57. The number of esters is 2. The van der Waals surface area contributed by atoms with Crippen molar-refractivity contribution in [3.8, 4) is 17.2 Å². The lowest BCUT2D eigenvalue weighted by molar-refractivity contribution is -0.249. The highest BCUT2D eigenvalue weighted by Crippen LogP contribution is 2.52. The molecule has 1 fully saturated rings. The molecule has 0 bridgehead atoms. The van der Waals surface area contributed by atoms with E-state index in [9.17, 15) is 44.4 Å². The Morgan fingerprint density at radius 2 is 1.71 bits per heavy atom. The van der Waals surface area contributed by atoms with Gasteiger partial charge in [-0.3, -0.25) is 14.4 Å². The van der Waals surface area contributed by atoms with Gasteiger partial charge in [0.1, 0.15) is 34.7 Å². The van der Waals surface area contributed by atoms with Gasteiger partial charge >= 0.3 is 11.9 Å². The Morgan fingerprint density at radius 1 is 1.02 bits per heavy atom. The van der Waals surface area contributed by atoms with Gasteiger partial charge in [0.05, 0.1) is 62.3 Å². The number of carbonyl (C=O) groups excluding carboxylic acids is 5. The Morgan fingerprint density at radius 3 is 2.33 bits per heavy atom. The Bertz CT molecular complexity index is 1750. The van der Waals surface area contributed by atoms with Gasteiger partial charge in [0, 0.05) is 36.0 Å². The number of fused-ring (bicyclic) bond motifs is 3. The standard InChI is InChI=1S/C33H35NO14/c1-13-27(37)17(34-18(32(42)46-5)9-21(36)45-4)10-22(47-13)48-20-12-33(43,14(2)35)11-16-24(20)31(41)26-25(29(16)39)28(38)15-7-6-8-19(44-3)23(15)30(26)40/h6-9,13,17,20,22,27,34,37,39,41,43H,10-12H2,1-5H3. The summed E-state index contributed by atoms with van der Waals surface area (Å²) >= 11 is 0. The van der Waals surface area contributed by atoms with Crippen LogP contribution in [0.5, 0.6) is 17.2 Å². The molecule has 0 radical (unpaired) electrons. The predicted octanol–water partition coefficient (Wildman–Crippen LogP) is 0.890. The third kappa shape index (κ3) is 5.78. The van der Waals surface area contributed by atoms with Crippen molar-refractivity contribution >= 4 is 29.3 Å². The molecular weight excluding hydrogens is 634 g/mol. The van der Waals surface area contributed by atoms with Crippen molar-refractivity contribution in [1.29, 1.82) is 0 Å². The van der Waals surface area contributed by atoms with Gasteiger partial charge in [-0.05, 0) is 19.9 Å². The molecule has 2 aromatic rings. The number of aliphatic hydroxyl groups excluding tert-OH is 1. The van der Waals surface area contributed by atoms with Gasteiger partial charge < -0.3 is 49.4 Å². The maximum absolute atomic E-state index is 13.8. The molecule has 0 spiro atoms. The van der Waals surface area contributed by atoms with Crippen LogP contribution in [-0.2, 0) is 39.8 Å². The van der Waals surface area contributed by atoms with E-state index in [4.69, 9.17) is 18.9 Å². The van der Waals surface area contributed by atoms with Gasteiger partial charge in [0.25, 0.3) is 0 Å². The van der Waals surface area contributed by atoms with Crippen LogP contribution in [0.1, 0.15) is 75.8 Å². The molecule has 3 aliphatic rings. The van der Waals surface area contributed by atoms with E-state index in [0.29, 0.717) is 0 Å². The molecule has 6 atom stereocenters. The van der Waals surface area contributed by atoms with Gasteiger partial charge in [-0.1, -0.05) is 12.1 Å². The number of hydrogen-bond acceptors (Lipinski definition) is 15. The number of Topliss-reactive ketones (excluding diaryl/α,β-unsaturated/α-hetero) is 1. The summed E-state index contributed by atoms with van der Waals surface area (Å²) in [5.74, 6) is -5.42. The number of hydrogen-bond donors (Lipinski definition) is 5. The van der Waals surface area contributed by atoms with Crippen LogP contribution in [0.4, 0.5) is 0 Å². The van der Waals surface area contributed by atoms with E-state index in [0.717, 1.165) is 27.2 Å². The second-order valence-corrected chi connectivity index (χ2v) is 11.8. The highest BCUT2D eigenvalue weighted by atomic mass is 16.7. The van der Waals surface area contributed by atoms with Crippen LogP contribution in [0.25, 0.3) is 0 Å². The van der Waals surface area contributed by atoms with E-state index in [1.807, 2.05) is 0 Å². The van der Waals surface area contributed by atoms with Crippen LogP contribution in [0.2, 0.25) is 0 Å². The van der Waals surface area contributed by atoms with Gasteiger partial charge in [0.2, 0.25) is 5.78 Å². The highest BCUT2D eigenvalue weighted by Gasteiger charge is 2.49. The first kappa shape index (κ1) is 34.5. The van der Waals surface area contributed by atoms with Crippen LogP contribution in [0.15, 0.2) is 30.0 Å². The molecule has 1 saturated heterocycles. The SMILES string of the molecule is COC(=O)C=C(NC1CC(OC2CC(O)(C(C)=O)Cc3c(O)c4c(c(O)c32)C(=O)c2c(OC)cccc2C4=O)OC(C)C1O)C(=O)OC. The molecule has 48 heavy (non-hydrogen) atoms. The van der Waals surface area contributed by atoms with Gasteiger partial charge in [0.15, 0.2) is 17.9 Å². The van der Waals surface area contributed by atoms with Crippen LogP contribution >= 0.6 is 0 Å². The number of rotatable bonds is 8. The summed E-state index contributed by atoms with van der Waals surface area (Å²) in [5.41, 5.74) is -3.97. The topological polar surface area (TPSA) is 224 Å². The number of carbonyl (C=O) groups is 5. The first-order valence-corrected chi connectivity index (χ1v) is 14.9. The minimum atomic E-state index is -2.13. The van der Waals surface area contributed by atoms with Crippen molar-refractivity contribution in [2.45, 2.75) is 69.4 Å². The zero-order chi connectivity index (χ0) is 35.2. The molecule has 0 aromatic heterocycles. The second kappa shape index (κ2) is 13.0. The minimum absolute atomic E-state index is 0.0683. The van der Waals surface area contributed by atoms with Crippen LogP contribution in [0, 0.1) is 0 Å². The first-order valence-electron chi connectivity index (χ1n) is 14.9. The number of ketones is 3. The lowest BCUT2D eigenvalue weighted by Crippen LogP contribution is -2.55. The van der Waals surface area contributed by atoms with Gasteiger partial charge in [-0.15, -0.1) is 0 Å². The molecule has 256 valence electrons. The predicted molar refractivity (Wildman–Crippen MR) is 161 cm³/mol. The van der Waals surface area contributed by atoms with Crippen LogP contribution in [0.3, 0.4) is 0 Å². The fraction of sp³-hybridized carbons (Fsp3) is 0.424. The Kier molecular flexibility index (Phi) is 9.34. The van der Waals surface area contributed by atoms with E-state index in [2.05, 4.69) is 10.1 Å². The lowest BCUT2D eigenvalue weighted by atomic mass is 9.72. The van der Waals surface area contributed by atoms with Crippen molar-refractivity contribution < 1.29 is 68.1 Å². The average Bonchev–Trinajstić information content (AvgIpc) is 3.05. The zero-order valence-corrected chi connectivity index (χ0v) is 26.7. The third-order valence-corrected chi connectivity index (χ3v) is 8.96. The number of methoxy groups -OCH3 is 3. The molecule has 15 nitrogen and oxygen atoms in total. The van der Waals surface area contributed by atoms with Crippen LogP contribution in [-0.4, -0.2) is 101 Å². The maximum atomic E-state index is 13.8. The van der Waals surface area contributed by atoms with Crippen molar-refractivity contribution in [2.75, 3.05) is 21.3 Å². The minimum Gasteiger partial charge on any atom is -0.507 e. The molecule has 2 aromatic carbocycles. The van der Waals surface area contributed by atoms with Gasteiger partial charge in [-0.2, -0.15) is 0 Å². The molecule has 6 unspecified atom stereocenters. The van der Waals surface area contributed by atoms with E-state index in [1.54, 1.807) is 0 Å².